The molecule has 4 aromatic rings. The van der Waals surface area contributed by atoms with Gasteiger partial charge in [-0.2, -0.15) is 12.7 Å². The molecule has 0 bridgehead atoms. The van der Waals surface area contributed by atoms with Crippen LogP contribution in [0.4, 0.5) is 5.69 Å². The molecule has 2 aromatic heterocycles. The molecule has 0 atom stereocenters. The Hall–Kier alpha value is -3.38. The third-order valence-electron chi connectivity index (χ3n) is 5.69. The fourth-order valence-corrected chi connectivity index (χ4v) is 5.75. The second-order valence-corrected chi connectivity index (χ2v) is 11.7. The molecule has 0 aliphatic heterocycles. The van der Waals surface area contributed by atoms with Crippen LogP contribution in [0, 0.1) is 6.92 Å². The number of aromatic nitrogens is 1. The van der Waals surface area contributed by atoms with Gasteiger partial charge in [0.2, 0.25) is 5.89 Å². The third kappa shape index (κ3) is 6.73. The lowest BCUT2D eigenvalue weighted by Gasteiger charge is -2.27. The molecule has 2 aromatic carbocycles. The van der Waals surface area contributed by atoms with E-state index in [0.717, 1.165) is 24.9 Å². The molecule has 4 rings (SSSR count). The Kier molecular flexibility index (Phi) is 8.72. The summed E-state index contributed by atoms with van der Waals surface area (Å²) in [5.41, 5.74) is 1.79. The Bertz CT molecular complexity index is 1470. The number of thiophene rings is 1. The first-order valence-electron chi connectivity index (χ1n) is 11.6. The number of carboxylic acids is 1. The maximum Gasteiger partial charge on any atom is 0.318 e. The minimum Gasteiger partial charge on any atom is -0.493 e. The number of aliphatic carboxylic acids is 1. The van der Waals surface area contributed by atoms with Crippen molar-refractivity contribution in [2.24, 2.45) is 0 Å². The minimum atomic E-state index is -4.14. The third-order valence-corrected chi connectivity index (χ3v) is 8.61. The Morgan fingerprint density at radius 2 is 1.84 bits per heavy atom. The van der Waals surface area contributed by atoms with E-state index in [1.54, 1.807) is 59.9 Å². The summed E-state index contributed by atoms with van der Waals surface area (Å²) in [5.74, 6) is 0.679. The summed E-state index contributed by atoms with van der Waals surface area (Å²) in [6, 6.07) is 17.0. The quantitative estimate of drug-likeness (QED) is 0.245. The summed E-state index contributed by atoms with van der Waals surface area (Å²) in [6.45, 7) is 1.43. The van der Waals surface area contributed by atoms with E-state index in [1.807, 2.05) is 24.4 Å². The lowest BCUT2D eigenvalue weighted by atomic mass is 10.2. The first-order valence-corrected chi connectivity index (χ1v) is 14.2. The van der Waals surface area contributed by atoms with Gasteiger partial charge in [0.15, 0.2) is 0 Å². The Morgan fingerprint density at radius 3 is 2.47 bits per heavy atom. The van der Waals surface area contributed by atoms with Crippen LogP contribution < -0.4 is 9.04 Å². The Labute approximate surface area is 230 Å². The zero-order chi connectivity index (χ0) is 27.3. The highest BCUT2D eigenvalue weighted by Crippen LogP contribution is 2.26. The van der Waals surface area contributed by atoms with Gasteiger partial charge in [-0.1, -0.05) is 29.8 Å². The molecule has 0 saturated carbocycles. The van der Waals surface area contributed by atoms with Crippen molar-refractivity contribution in [1.82, 2.24) is 9.29 Å². The van der Waals surface area contributed by atoms with Crippen molar-refractivity contribution in [1.29, 1.82) is 0 Å². The Morgan fingerprint density at radius 1 is 1.13 bits per heavy atom. The summed E-state index contributed by atoms with van der Waals surface area (Å²) in [6.07, 6.45) is 0.560. The number of oxazole rings is 1. The van der Waals surface area contributed by atoms with Crippen LogP contribution in [-0.4, -0.2) is 49.0 Å². The van der Waals surface area contributed by atoms with Gasteiger partial charge in [-0.25, -0.2) is 4.98 Å². The molecule has 1 N–H and O–H groups in total. The van der Waals surface area contributed by atoms with Crippen LogP contribution in [0.2, 0.25) is 5.02 Å². The normalized spacial score (nSPS) is 11.6. The highest BCUT2D eigenvalue weighted by Gasteiger charge is 2.29. The van der Waals surface area contributed by atoms with Crippen molar-refractivity contribution < 1.29 is 27.5 Å². The number of benzene rings is 2. The number of ether oxygens (including phenoxy) is 1. The summed E-state index contributed by atoms with van der Waals surface area (Å²) >= 11 is 7.46. The lowest BCUT2D eigenvalue weighted by molar-refractivity contribution is -0.137. The van der Waals surface area contributed by atoms with Crippen LogP contribution >= 0.6 is 22.9 Å². The molecule has 9 nitrogen and oxygen atoms in total. The number of carbonyl (C=O) groups is 1. The van der Waals surface area contributed by atoms with Gasteiger partial charge in [0.25, 0.3) is 0 Å². The molecule has 0 saturated heterocycles. The number of hydrogen-bond acceptors (Lipinski definition) is 7. The predicted molar refractivity (Wildman–Crippen MR) is 147 cm³/mol. The van der Waals surface area contributed by atoms with Gasteiger partial charge in [-0.05, 0) is 60.3 Å². The fourth-order valence-electron chi connectivity index (χ4n) is 3.65. The minimum absolute atomic E-state index is 0.128. The molecule has 38 heavy (non-hydrogen) atoms. The predicted octanol–water partition coefficient (Wildman–Crippen LogP) is 5.25. The molecule has 0 radical (unpaired) electrons. The summed E-state index contributed by atoms with van der Waals surface area (Å²) < 4.78 is 40.0. The molecular weight excluding hydrogens is 550 g/mol. The Balaban J connectivity index is 1.38. The molecule has 0 spiro atoms. The maximum absolute atomic E-state index is 13.2. The topological polar surface area (TPSA) is 113 Å². The average molecular weight is 576 g/mol. The molecule has 0 unspecified atom stereocenters. The van der Waals surface area contributed by atoms with Gasteiger partial charge in [-0.3, -0.25) is 9.10 Å². The van der Waals surface area contributed by atoms with E-state index in [4.69, 9.17) is 20.8 Å². The fraction of sp³-hybridized carbons (Fsp3) is 0.231. The largest absolute Gasteiger partial charge is 0.493 e. The first kappa shape index (κ1) is 27.6. The zero-order valence-corrected chi connectivity index (χ0v) is 23.1. The van der Waals surface area contributed by atoms with Crippen molar-refractivity contribution in [3.8, 4) is 16.5 Å². The molecule has 0 aliphatic carbocycles. The van der Waals surface area contributed by atoms with E-state index in [2.05, 4.69) is 4.98 Å². The molecule has 12 heteroatoms. The van der Waals surface area contributed by atoms with E-state index >= 15 is 0 Å². The van der Waals surface area contributed by atoms with Crippen molar-refractivity contribution in [2.75, 3.05) is 24.5 Å². The molecule has 0 fully saturated rings. The van der Waals surface area contributed by atoms with Gasteiger partial charge in [0.05, 0.1) is 22.9 Å². The standard InChI is InChI=1S/C26H26ClN3O6S2/c1-18-23(28-26(36-18)24-4-3-15-37-24)13-14-35-22-11-5-19(6-12-22)16-30(17-25(31)32)38(33,34)29(2)21-9-7-20(27)8-10-21/h3-12,15H,13-14,16-17H2,1-2H3,(H,31,32). The molecule has 2 heterocycles. The number of rotatable bonds is 12. The molecule has 0 aliphatic rings. The van der Waals surface area contributed by atoms with Crippen LogP contribution in [0.25, 0.3) is 10.8 Å². The van der Waals surface area contributed by atoms with E-state index in [9.17, 15) is 18.3 Å². The monoisotopic (exact) mass is 575 g/mol. The van der Waals surface area contributed by atoms with Crippen molar-refractivity contribution in [3.05, 3.63) is 88.1 Å². The van der Waals surface area contributed by atoms with Crippen LogP contribution in [0.15, 0.2) is 70.5 Å². The molecule has 200 valence electrons. The number of anilines is 1. The lowest BCUT2D eigenvalue weighted by Crippen LogP contribution is -2.44. The van der Waals surface area contributed by atoms with Gasteiger partial charge in [0.1, 0.15) is 18.1 Å². The summed E-state index contributed by atoms with van der Waals surface area (Å²) in [7, 11) is -2.77. The maximum atomic E-state index is 13.2. The second-order valence-electron chi connectivity index (χ2n) is 8.36. The number of carboxylic acid groups (broad SMARTS) is 1. The first-order chi connectivity index (χ1) is 18.1. The number of hydrogen-bond donors (Lipinski definition) is 1. The van der Waals surface area contributed by atoms with Gasteiger partial charge in [-0.15, -0.1) is 11.3 Å². The van der Waals surface area contributed by atoms with E-state index in [-0.39, 0.29) is 6.54 Å². The highest BCUT2D eigenvalue weighted by molar-refractivity contribution is 7.90. The van der Waals surface area contributed by atoms with Crippen molar-refractivity contribution in [3.63, 3.8) is 0 Å². The van der Waals surface area contributed by atoms with E-state index in [1.165, 1.54) is 7.05 Å². The SMILES string of the molecule is Cc1oc(-c2cccs2)nc1CCOc1ccc(CN(CC(=O)O)S(=O)(=O)N(C)c2ccc(Cl)cc2)cc1. The van der Waals surface area contributed by atoms with Crippen LogP contribution in [0.5, 0.6) is 5.75 Å². The van der Waals surface area contributed by atoms with Crippen LogP contribution in [0.3, 0.4) is 0 Å². The smallest absolute Gasteiger partial charge is 0.318 e. The van der Waals surface area contributed by atoms with Gasteiger partial charge in [0, 0.05) is 25.0 Å². The van der Waals surface area contributed by atoms with Crippen LogP contribution in [0.1, 0.15) is 17.0 Å². The second kappa shape index (κ2) is 12.0. The van der Waals surface area contributed by atoms with Gasteiger partial charge >= 0.3 is 16.2 Å². The van der Waals surface area contributed by atoms with E-state index in [0.29, 0.717) is 40.9 Å². The number of halogens is 1. The highest BCUT2D eigenvalue weighted by atomic mass is 35.5. The number of nitrogens with zero attached hydrogens (tertiary/aromatic N) is 3. The van der Waals surface area contributed by atoms with Gasteiger partial charge < -0.3 is 14.3 Å². The van der Waals surface area contributed by atoms with E-state index < -0.39 is 22.7 Å². The van der Waals surface area contributed by atoms with Crippen molar-refractivity contribution in [2.45, 2.75) is 19.9 Å². The number of aryl methyl sites for hydroxylation is 1. The van der Waals surface area contributed by atoms with Crippen molar-refractivity contribution >= 4 is 44.8 Å². The summed E-state index contributed by atoms with van der Waals surface area (Å²) in [5, 5.41) is 11.8. The average Bonchev–Trinajstić information content (AvgIpc) is 3.55. The molecular formula is C26H26ClN3O6S2. The van der Waals surface area contributed by atoms with Crippen LogP contribution in [-0.2, 0) is 28.0 Å². The zero-order valence-electron chi connectivity index (χ0n) is 20.7. The molecule has 0 amide bonds. The summed E-state index contributed by atoms with van der Waals surface area (Å²) in [4.78, 5) is 17.0.